The minimum Gasteiger partial charge on any atom is -0.369 e. The Morgan fingerprint density at radius 1 is 1.41 bits per heavy atom. The van der Waals surface area contributed by atoms with Gasteiger partial charge < -0.3 is 10.2 Å². The number of rotatable bonds is 3. The second-order valence-electron chi connectivity index (χ2n) is 6.26. The predicted octanol–water partition coefficient (Wildman–Crippen LogP) is 3.65. The van der Waals surface area contributed by atoms with Gasteiger partial charge in [-0.15, -0.1) is 0 Å². The standard InChI is InChI=1S/C17H20ClFN2O/c1-17(2,3)21-8-6-14(7-9-21)20-16(22)11-12-10-13(18)4-5-15(12)19/h4-8,10H,9,11H2,1-3H3,(H,20,22). The van der Waals surface area contributed by atoms with Crippen LogP contribution >= 0.6 is 11.6 Å². The predicted molar refractivity (Wildman–Crippen MR) is 86.9 cm³/mol. The van der Waals surface area contributed by atoms with Gasteiger partial charge >= 0.3 is 0 Å². The summed E-state index contributed by atoms with van der Waals surface area (Å²) < 4.78 is 13.6. The molecule has 0 aromatic heterocycles. The van der Waals surface area contributed by atoms with Gasteiger partial charge in [0.1, 0.15) is 5.82 Å². The molecule has 0 saturated heterocycles. The summed E-state index contributed by atoms with van der Waals surface area (Å²) in [6.07, 6.45) is 5.70. The molecule has 1 aliphatic rings. The van der Waals surface area contributed by atoms with Crippen molar-refractivity contribution in [1.82, 2.24) is 10.2 Å². The highest BCUT2D eigenvalue weighted by Gasteiger charge is 2.19. The van der Waals surface area contributed by atoms with Crippen LogP contribution < -0.4 is 5.32 Å². The molecule has 0 unspecified atom stereocenters. The first-order chi connectivity index (χ1) is 10.3. The van der Waals surface area contributed by atoms with Crippen molar-refractivity contribution in [2.24, 2.45) is 0 Å². The van der Waals surface area contributed by atoms with Crippen molar-refractivity contribution in [2.75, 3.05) is 6.54 Å². The Hall–Kier alpha value is -1.81. The molecule has 2 rings (SSSR count). The number of carbonyl (C=O) groups excluding carboxylic acids is 1. The average Bonchev–Trinajstić information content (AvgIpc) is 2.42. The summed E-state index contributed by atoms with van der Waals surface area (Å²) in [5.74, 6) is -0.687. The van der Waals surface area contributed by atoms with E-state index < -0.39 is 5.82 Å². The van der Waals surface area contributed by atoms with E-state index in [0.29, 0.717) is 10.6 Å². The van der Waals surface area contributed by atoms with Crippen molar-refractivity contribution in [2.45, 2.75) is 32.7 Å². The summed E-state index contributed by atoms with van der Waals surface area (Å²) in [5, 5.41) is 3.20. The highest BCUT2D eigenvalue weighted by atomic mass is 35.5. The Bertz CT molecular complexity index is 632. The first-order valence-corrected chi connectivity index (χ1v) is 7.52. The molecule has 1 aromatic carbocycles. The van der Waals surface area contributed by atoms with Crippen LogP contribution in [-0.2, 0) is 11.2 Å². The number of nitrogens with one attached hydrogen (secondary N) is 1. The third kappa shape index (κ3) is 4.34. The Balaban J connectivity index is 1.95. The molecule has 0 atom stereocenters. The van der Waals surface area contributed by atoms with Crippen LogP contribution in [0.25, 0.3) is 0 Å². The van der Waals surface area contributed by atoms with Gasteiger partial charge in [0.25, 0.3) is 0 Å². The van der Waals surface area contributed by atoms with E-state index in [0.717, 1.165) is 12.2 Å². The van der Waals surface area contributed by atoms with E-state index in [-0.39, 0.29) is 17.9 Å². The minimum absolute atomic E-state index is 0.0342. The van der Waals surface area contributed by atoms with Gasteiger partial charge in [-0.1, -0.05) is 11.6 Å². The van der Waals surface area contributed by atoms with Crippen LogP contribution in [0.1, 0.15) is 26.3 Å². The van der Waals surface area contributed by atoms with E-state index >= 15 is 0 Å². The largest absolute Gasteiger partial charge is 0.369 e. The van der Waals surface area contributed by atoms with E-state index in [1.54, 1.807) is 0 Å². The summed E-state index contributed by atoms with van der Waals surface area (Å²) in [4.78, 5) is 14.2. The van der Waals surface area contributed by atoms with Crippen LogP contribution in [0.5, 0.6) is 0 Å². The molecule has 0 aliphatic carbocycles. The summed E-state index contributed by atoms with van der Waals surface area (Å²) >= 11 is 5.82. The van der Waals surface area contributed by atoms with Crippen molar-refractivity contribution in [3.05, 3.63) is 58.7 Å². The summed E-state index contributed by atoms with van der Waals surface area (Å²) in [5.41, 5.74) is 1.06. The van der Waals surface area contributed by atoms with Crippen LogP contribution in [0.15, 0.2) is 42.2 Å². The molecule has 1 heterocycles. The lowest BCUT2D eigenvalue weighted by molar-refractivity contribution is -0.119. The van der Waals surface area contributed by atoms with Gasteiger partial charge in [-0.25, -0.2) is 4.39 Å². The number of allylic oxidation sites excluding steroid dienone is 1. The van der Waals surface area contributed by atoms with E-state index in [1.165, 1.54) is 18.2 Å². The molecule has 1 aromatic rings. The van der Waals surface area contributed by atoms with Crippen molar-refractivity contribution < 1.29 is 9.18 Å². The van der Waals surface area contributed by atoms with Gasteiger partial charge in [0.15, 0.2) is 0 Å². The molecular formula is C17H20ClFN2O. The monoisotopic (exact) mass is 322 g/mol. The zero-order chi connectivity index (χ0) is 16.3. The number of nitrogens with zero attached hydrogens (tertiary/aromatic N) is 1. The summed E-state index contributed by atoms with van der Waals surface area (Å²) in [6.45, 7) is 7.09. The average molecular weight is 323 g/mol. The fraction of sp³-hybridized carbons (Fsp3) is 0.353. The number of amides is 1. The lowest BCUT2D eigenvalue weighted by atomic mass is 10.1. The SMILES string of the molecule is CC(C)(C)N1C=CC(NC(=O)Cc2cc(Cl)ccc2F)=CC1. The van der Waals surface area contributed by atoms with Crippen molar-refractivity contribution in [1.29, 1.82) is 0 Å². The Morgan fingerprint density at radius 2 is 2.14 bits per heavy atom. The molecule has 0 bridgehead atoms. The second-order valence-corrected chi connectivity index (χ2v) is 6.70. The number of benzene rings is 1. The van der Waals surface area contributed by atoms with Gasteiger partial charge in [0, 0.05) is 29.0 Å². The number of hydrogen-bond acceptors (Lipinski definition) is 2. The second kappa shape index (κ2) is 6.53. The zero-order valence-corrected chi connectivity index (χ0v) is 13.7. The van der Waals surface area contributed by atoms with E-state index in [2.05, 4.69) is 31.0 Å². The molecule has 3 nitrogen and oxygen atoms in total. The van der Waals surface area contributed by atoms with Crippen molar-refractivity contribution >= 4 is 17.5 Å². The van der Waals surface area contributed by atoms with E-state index in [9.17, 15) is 9.18 Å². The smallest absolute Gasteiger partial charge is 0.228 e. The van der Waals surface area contributed by atoms with Gasteiger partial charge in [-0.05, 0) is 56.7 Å². The maximum absolute atomic E-state index is 13.6. The lowest BCUT2D eigenvalue weighted by Crippen LogP contribution is -2.39. The summed E-state index contributed by atoms with van der Waals surface area (Å²) in [6, 6.07) is 4.21. The molecule has 118 valence electrons. The molecule has 0 fully saturated rings. The van der Waals surface area contributed by atoms with Crippen LogP contribution in [0, 0.1) is 5.82 Å². The van der Waals surface area contributed by atoms with Gasteiger partial charge in [-0.2, -0.15) is 0 Å². The van der Waals surface area contributed by atoms with Gasteiger partial charge in [0.2, 0.25) is 5.91 Å². The molecule has 5 heteroatoms. The molecule has 0 radical (unpaired) electrons. The van der Waals surface area contributed by atoms with Crippen LogP contribution in [0.4, 0.5) is 4.39 Å². The normalized spacial score (nSPS) is 14.8. The van der Waals surface area contributed by atoms with Crippen LogP contribution in [0.3, 0.4) is 0 Å². The maximum Gasteiger partial charge on any atom is 0.228 e. The highest BCUT2D eigenvalue weighted by Crippen LogP contribution is 2.18. The van der Waals surface area contributed by atoms with Gasteiger partial charge in [0.05, 0.1) is 6.42 Å². The molecule has 1 aliphatic heterocycles. The molecule has 22 heavy (non-hydrogen) atoms. The van der Waals surface area contributed by atoms with E-state index in [1.807, 2.05) is 18.4 Å². The number of carbonyl (C=O) groups is 1. The lowest BCUT2D eigenvalue weighted by Gasteiger charge is -2.35. The fourth-order valence-corrected chi connectivity index (χ4v) is 2.34. The third-order valence-corrected chi connectivity index (χ3v) is 3.68. The zero-order valence-electron chi connectivity index (χ0n) is 13.0. The maximum atomic E-state index is 13.6. The van der Waals surface area contributed by atoms with Crippen molar-refractivity contribution in [3.63, 3.8) is 0 Å². The Morgan fingerprint density at radius 3 is 2.73 bits per heavy atom. The molecule has 1 amide bonds. The number of hydrogen-bond donors (Lipinski definition) is 1. The highest BCUT2D eigenvalue weighted by molar-refractivity contribution is 6.30. The minimum atomic E-state index is -0.424. The molecule has 0 saturated carbocycles. The third-order valence-electron chi connectivity index (χ3n) is 3.45. The van der Waals surface area contributed by atoms with E-state index in [4.69, 9.17) is 11.6 Å². The van der Waals surface area contributed by atoms with Crippen LogP contribution in [-0.4, -0.2) is 22.9 Å². The first-order valence-electron chi connectivity index (χ1n) is 7.14. The quantitative estimate of drug-likeness (QED) is 0.921. The fourth-order valence-electron chi connectivity index (χ4n) is 2.14. The van der Waals surface area contributed by atoms with Crippen molar-refractivity contribution in [3.8, 4) is 0 Å². The number of halogens is 2. The molecule has 1 N–H and O–H groups in total. The van der Waals surface area contributed by atoms with Gasteiger partial charge in [-0.3, -0.25) is 4.79 Å². The first kappa shape index (κ1) is 16.6. The Labute approximate surface area is 135 Å². The van der Waals surface area contributed by atoms with Crippen LogP contribution in [0.2, 0.25) is 5.02 Å². The topological polar surface area (TPSA) is 32.3 Å². The summed E-state index contributed by atoms with van der Waals surface area (Å²) in [7, 11) is 0. The Kier molecular flexibility index (Phi) is 4.91. The molecule has 0 spiro atoms. The molecular weight excluding hydrogens is 303 g/mol.